The molecule has 1 aliphatic heterocycles. The van der Waals surface area contributed by atoms with Gasteiger partial charge in [0, 0.05) is 44.1 Å². The summed E-state index contributed by atoms with van der Waals surface area (Å²) in [6.45, 7) is 15.8. The molecule has 0 aromatic rings. The number of nitrogens with zero attached hydrogens (tertiary/aromatic N) is 1. The minimum absolute atomic E-state index is 0.0334. The molecule has 0 bridgehead atoms. The van der Waals surface area contributed by atoms with Crippen molar-refractivity contribution in [2.75, 3.05) is 125 Å². The summed E-state index contributed by atoms with van der Waals surface area (Å²) in [5.41, 5.74) is 0. The molecule has 0 spiro atoms. The lowest BCUT2D eigenvalue weighted by molar-refractivity contribution is -0.137. The van der Waals surface area contributed by atoms with E-state index < -0.39 is 23.8 Å². The SMILES string of the molecule is CC(C)NC(=O)C(C)NC(=O)CNC(=O)CCOCCOCCOCCOCCOCCOCCOCCOCCNC(=O)CCN1C(=O)C=CC1=O.CCC. The number of ether oxygens (including phenoxy) is 8. The van der Waals surface area contributed by atoms with E-state index in [1.165, 1.54) is 18.6 Å². The van der Waals surface area contributed by atoms with Crippen molar-refractivity contribution in [3.05, 3.63) is 12.2 Å². The van der Waals surface area contributed by atoms with Crippen LogP contribution in [0.25, 0.3) is 0 Å². The van der Waals surface area contributed by atoms with E-state index in [0.717, 1.165) is 4.90 Å². The second-order valence-corrected chi connectivity index (χ2v) is 12.3. The summed E-state index contributed by atoms with van der Waals surface area (Å²) in [4.78, 5) is 71.3. The lowest BCUT2D eigenvalue weighted by atomic mass is 10.2. The number of rotatable bonds is 35. The Hall–Kier alpha value is -3.56. The average Bonchev–Trinajstić information content (AvgIpc) is 3.48. The van der Waals surface area contributed by atoms with E-state index in [9.17, 15) is 28.8 Å². The van der Waals surface area contributed by atoms with Gasteiger partial charge in [-0.15, -0.1) is 0 Å². The molecule has 0 aromatic carbocycles. The Balaban J connectivity index is 0.00000974. The molecule has 0 aliphatic carbocycles. The van der Waals surface area contributed by atoms with Gasteiger partial charge in [-0.25, -0.2) is 0 Å². The zero-order valence-corrected chi connectivity index (χ0v) is 34.0. The van der Waals surface area contributed by atoms with Crippen LogP contribution in [0.2, 0.25) is 0 Å². The number of imide groups is 1. The van der Waals surface area contributed by atoms with Crippen molar-refractivity contribution in [1.29, 1.82) is 0 Å². The summed E-state index contributed by atoms with van der Waals surface area (Å²) in [6, 6.07) is -0.730. The van der Waals surface area contributed by atoms with E-state index in [0.29, 0.717) is 106 Å². The van der Waals surface area contributed by atoms with Crippen molar-refractivity contribution < 1.29 is 66.7 Å². The van der Waals surface area contributed by atoms with Gasteiger partial charge >= 0.3 is 0 Å². The predicted octanol–water partition coefficient (Wildman–Crippen LogP) is -0.498. The summed E-state index contributed by atoms with van der Waals surface area (Å²) in [5.74, 6) is -2.15. The van der Waals surface area contributed by atoms with Crippen LogP contribution >= 0.6 is 0 Å². The third-order valence-electron chi connectivity index (χ3n) is 6.76. The van der Waals surface area contributed by atoms with Crippen molar-refractivity contribution in [1.82, 2.24) is 26.2 Å². The molecule has 19 heteroatoms. The quantitative estimate of drug-likeness (QED) is 0.0468. The van der Waals surface area contributed by atoms with Gasteiger partial charge in [0.2, 0.25) is 23.6 Å². The summed E-state index contributed by atoms with van der Waals surface area (Å²) < 4.78 is 43.4. The minimum Gasteiger partial charge on any atom is -0.379 e. The van der Waals surface area contributed by atoms with Crippen molar-refractivity contribution in [2.45, 2.75) is 66.0 Å². The van der Waals surface area contributed by atoms with Crippen molar-refractivity contribution >= 4 is 35.4 Å². The predicted molar refractivity (Wildman–Crippen MR) is 205 cm³/mol. The topological polar surface area (TPSA) is 228 Å². The second-order valence-electron chi connectivity index (χ2n) is 12.3. The highest BCUT2D eigenvalue weighted by Gasteiger charge is 2.23. The summed E-state index contributed by atoms with van der Waals surface area (Å²) >= 11 is 0. The maximum absolute atomic E-state index is 11.9. The van der Waals surface area contributed by atoms with E-state index >= 15 is 0 Å². The molecule has 0 radical (unpaired) electrons. The molecule has 1 heterocycles. The molecule has 1 unspecified atom stereocenters. The van der Waals surface area contributed by atoms with Gasteiger partial charge in [0.1, 0.15) is 6.04 Å². The zero-order valence-electron chi connectivity index (χ0n) is 34.0. The van der Waals surface area contributed by atoms with Gasteiger partial charge < -0.3 is 59.2 Å². The van der Waals surface area contributed by atoms with Gasteiger partial charge in [0.25, 0.3) is 11.8 Å². The van der Waals surface area contributed by atoms with Crippen LogP contribution in [0.5, 0.6) is 0 Å². The monoisotopic (exact) mass is 805 g/mol. The second kappa shape index (κ2) is 37.0. The summed E-state index contributed by atoms with van der Waals surface area (Å²) in [5, 5.41) is 10.4. The van der Waals surface area contributed by atoms with Crippen LogP contribution in [-0.4, -0.2) is 178 Å². The van der Waals surface area contributed by atoms with E-state index in [4.69, 9.17) is 37.9 Å². The van der Waals surface area contributed by atoms with E-state index in [1.807, 2.05) is 13.8 Å². The van der Waals surface area contributed by atoms with Crippen LogP contribution in [-0.2, 0) is 66.7 Å². The summed E-state index contributed by atoms with van der Waals surface area (Å²) in [6.07, 6.45) is 3.76. The molecule has 324 valence electrons. The van der Waals surface area contributed by atoms with Crippen LogP contribution in [0.4, 0.5) is 0 Å². The molecule has 4 N–H and O–H groups in total. The average molecular weight is 806 g/mol. The fourth-order valence-corrected chi connectivity index (χ4v) is 4.06. The highest BCUT2D eigenvalue weighted by molar-refractivity contribution is 6.13. The van der Waals surface area contributed by atoms with Crippen molar-refractivity contribution in [2.24, 2.45) is 0 Å². The van der Waals surface area contributed by atoms with E-state index in [1.54, 1.807) is 6.92 Å². The van der Waals surface area contributed by atoms with Crippen LogP contribution in [0, 0.1) is 0 Å². The molecule has 19 nitrogen and oxygen atoms in total. The number of hydrogen-bond acceptors (Lipinski definition) is 14. The number of nitrogens with one attached hydrogen (secondary N) is 4. The largest absolute Gasteiger partial charge is 0.379 e. The standard InChI is InChI=1S/C34H59N5O14.C3H8/c1-27(2)37-34(45)28(3)38-31(42)26-36-30(41)7-10-46-12-14-48-16-18-50-20-22-52-24-25-53-23-21-51-19-17-49-15-13-47-11-8-35-29(40)6-9-39-32(43)4-5-33(39)44;1-3-2/h4-5,27-28H,6-26H2,1-3H3,(H,35,40)(H,36,41)(H,37,45)(H,38,42);3H2,1-2H3. The van der Waals surface area contributed by atoms with Gasteiger partial charge in [0.15, 0.2) is 0 Å². The zero-order chi connectivity index (χ0) is 41.7. The van der Waals surface area contributed by atoms with Crippen LogP contribution in [0.15, 0.2) is 12.2 Å². The first kappa shape index (κ1) is 52.4. The van der Waals surface area contributed by atoms with Gasteiger partial charge in [-0.2, -0.15) is 0 Å². The fourth-order valence-electron chi connectivity index (χ4n) is 4.06. The van der Waals surface area contributed by atoms with Gasteiger partial charge in [-0.3, -0.25) is 33.7 Å². The lowest BCUT2D eigenvalue weighted by Crippen LogP contribution is -2.49. The first-order valence-corrected chi connectivity index (χ1v) is 19.3. The van der Waals surface area contributed by atoms with Crippen LogP contribution in [0.3, 0.4) is 0 Å². The van der Waals surface area contributed by atoms with Crippen LogP contribution in [0.1, 0.15) is 53.9 Å². The maximum Gasteiger partial charge on any atom is 0.253 e. The third kappa shape index (κ3) is 32.7. The first-order valence-electron chi connectivity index (χ1n) is 19.3. The molecule has 0 fully saturated rings. The van der Waals surface area contributed by atoms with E-state index in [-0.39, 0.29) is 56.3 Å². The van der Waals surface area contributed by atoms with Gasteiger partial charge in [-0.05, 0) is 20.8 Å². The molecule has 1 atom stereocenters. The molecule has 1 rings (SSSR count). The Morgan fingerprint density at radius 2 is 0.911 bits per heavy atom. The Morgan fingerprint density at radius 1 is 0.536 bits per heavy atom. The first-order chi connectivity index (χ1) is 27.0. The van der Waals surface area contributed by atoms with E-state index in [2.05, 4.69) is 35.1 Å². The Morgan fingerprint density at radius 3 is 1.32 bits per heavy atom. The highest BCUT2D eigenvalue weighted by atomic mass is 16.6. The minimum atomic E-state index is -0.697. The normalized spacial score (nSPS) is 12.7. The van der Waals surface area contributed by atoms with Crippen molar-refractivity contribution in [3.8, 4) is 0 Å². The molecular formula is C37H67N5O14. The smallest absolute Gasteiger partial charge is 0.253 e. The summed E-state index contributed by atoms with van der Waals surface area (Å²) in [7, 11) is 0. The number of amides is 6. The number of hydrogen-bond donors (Lipinski definition) is 4. The molecule has 0 saturated carbocycles. The Bertz CT molecular complexity index is 1090. The molecule has 56 heavy (non-hydrogen) atoms. The number of carbonyl (C=O) groups excluding carboxylic acids is 6. The third-order valence-corrected chi connectivity index (χ3v) is 6.76. The van der Waals surface area contributed by atoms with Crippen molar-refractivity contribution in [3.63, 3.8) is 0 Å². The van der Waals surface area contributed by atoms with Crippen LogP contribution < -0.4 is 21.3 Å². The number of carbonyl (C=O) groups is 6. The molecule has 6 amide bonds. The molecular weight excluding hydrogens is 738 g/mol. The maximum atomic E-state index is 11.9. The van der Waals surface area contributed by atoms with Gasteiger partial charge in [-0.1, -0.05) is 20.3 Å². The molecule has 0 aromatic heterocycles. The fraction of sp³-hybridized carbons (Fsp3) is 0.784. The Labute approximate surface area is 331 Å². The lowest BCUT2D eigenvalue weighted by Gasteiger charge is -2.16. The molecule has 0 saturated heterocycles. The Kier molecular flexibility index (Phi) is 34.7. The highest BCUT2D eigenvalue weighted by Crippen LogP contribution is 2.04. The molecule has 1 aliphatic rings. The van der Waals surface area contributed by atoms with Gasteiger partial charge in [0.05, 0.1) is 112 Å².